The highest BCUT2D eigenvalue weighted by atomic mass is 16.5. The third-order valence-electron chi connectivity index (χ3n) is 3.65. The summed E-state index contributed by atoms with van der Waals surface area (Å²) in [7, 11) is 0. The van der Waals surface area contributed by atoms with E-state index in [9.17, 15) is 0 Å². The van der Waals surface area contributed by atoms with Crippen LogP contribution in [0.25, 0.3) is 0 Å². The van der Waals surface area contributed by atoms with E-state index < -0.39 is 0 Å². The summed E-state index contributed by atoms with van der Waals surface area (Å²) in [5.74, 6) is 0.947. The Labute approximate surface area is 124 Å². The van der Waals surface area contributed by atoms with Crippen LogP contribution in [0.1, 0.15) is 76.8 Å². The van der Waals surface area contributed by atoms with Crippen molar-refractivity contribution in [2.75, 3.05) is 6.61 Å². The lowest BCUT2D eigenvalue weighted by Gasteiger charge is -2.10. The summed E-state index contributed by atoms with van der Waals surface area (Å²) in [6.45, 7) is 5.08. The van der Waals surface area contributed by atoms with E-state index in [4.69, 9.17) is 10.5 Å². The maximum atomic E-state index is 5.87. The molecule has 0 saturated carbocycles. The second kappa shape index (κ2) is 10.7. The monoisotopic (exact) mass is 277 g/mol. The molecule has 0 heterocycles. The number of hydrogen-bond donors (Lipinski definition) is 1. The van der Waals surface area contributed by atoms with Crippen LogP contribution in [0.5, 0.6) is 5.75 Å². The predicted octanol–water partition coefficient (Wildman–Crippen LogP) is 5.23. The lowest BCUT2D eigenvalue weighted by Crippen LogP contribution is -2.05. The van der Waals surface area contributed by atoms with Gasteiger partial charge in [0.25, 0.3) is 0 Å². The van der Waals surface area contributed by atoms with Gasteiger partial charge in [0, 0.05) is 6.04 Å². The summed E-state index contributed by atoms with van der Waals surface area (Å²) in [5.41, 5.74) is 7.01. The normalized spacial score (nSPS) is 12.3. The predicted molar refractivity (Wildman–Crippen MR) is 87.1 cm³/mol. The SMILES string of the molecule is CCCCCCCCCCOc1cccc([C@@H](C)N)c1. The maximum absolute atomic E-state index is 5.87. The zero-order valence-electron chi connectivity index (χ0n) is 13.2. The molecule has 0 unspecified atom stereocenters. The lowest BCUT2D eigenvalue weighted by atomic mass is 10.1. The van der Waals surface area contributed by atoms with E-state index in [1.807, 2.05) is 25.1 Å². The van der Waals surface area contributed by atoms with Gasteiger partial charge in [-0.2, -0.15) is 0 Å². The van der Waals surface area contributed by atoms with Gasteiger partial charge in [0.2, 0.25) is 0 Å². The smallest absolute Gasteiger partial charge is 0.119 e. The van der Waals surface area contributed by atoms with Gasteiger partial charge in [-0.1, -0.05) is 64.0 Å². The highest BCUT2D eigenvalue weighted by Crippen LogP contribution is 2.18. The van der Waals surface area contributed by atoms with Crippen LogP contribution in [0.2, 0.25) is 0 Å². The van der Waals surface area contributed by atoms with E-state index in [1.165, 1.54) is 44.9 Å². The highest BCUT2D eigenvalue weighted by Gasteiger charge is 2.01. The van der Waals surface area contributed by atoms with Crippen LogP contribution in [-0.4, -0.2) is 6.61 Å². The number of nitrogens with two attached hydrogens (primary N) is 1. The van der Waals surface area contributed by atoms with Crippen LogP contribution in [0, 0.1) is 0 Å². The summed E-state index contributed by atoms with van der Waals surface area (Å²) in [5, 5.41) is 0. The molecule has 0 saturated heterocycles. The summed E-state index contributed by atoms with van der Waals surface area (Å²) in [6, 6.07) is 8.20. The molecule has 1 atom stereocenters. The Morgan fingerprint density at radius 2 is 1.65 bits per heavy atom. The first-order chi connectivity index (χ1) is 9.74. The van der Waals surface area contributed by atoms with Crippen molar-refractivity contribution in [1.82, 2.24) is 0 Å². The highest BCUT2D eigenvalue weighted by molar-refractivity contribution is 5.30. The molecule has 1 rings (SSSR count). The third kappa shape index (κ3) is 7.54. The Morgan fingerprint density at radius 1 is 1.00 bits per heavy atom. The number of benzene rings is 1. The second-order valence-electron chi connectivity index (χ2n) is 5.68. The van der Waals surface area contributed by atoms with Crippen LogP contribution in [0.15, 0.2) is 24.3 Å². The van der Waals surface area contributed by atoms with Crippen LogP contribution < -0.4 is 10.5 Å². The minimum Gasteiger partial charge on any atom is -0.494 e. The van der Waals surface area contributed by atoms with Crippen molar-refractivity contribution >= 4 is 0 Å². The van der Waals surface area contributed by atoms with Crippen molar-refractivity contribution in [3.63, 3.8) is 0 Å². The average molecular weight is 277 g/mol. The molecule has 2 N–H and O–H groups in total. The first kappa shape index (κ1) is 17.0. The molecule has 2 heteroatoms. The van der Waals surface area contributed by atoms with E-state index in [1.54, 1.807) is 0 Å². The fourth-order valence-corrected chi connectivity index (χ4v) is 2.31. The van der Waals surface area contributed by atoms with Gasteiger partial charge in [-0.05, 0) is 31.0 Å². The van der Waals surface area contributed by atoms with Gasteiger partial charge in [0.15, 0.2) is 0 Å². The van der Waals surface area contributed by atoms with E-state index in [2.05, 4.69) is 13.0 Å². The molecule has 0 spiro atoms. The average Bonchev–Trinajstić information content (AvgIpc) is 2.46. The zero-order chi connectivity index (χ0) is 14.6. The molecule has 0 aliphatic carbocycles. The Morgan fingerprint density at radius 3 is 2.30 bits per heavy atom. The Balaban J connectivity index is 2.05. The van der Waals surface area contributed by atoms with Gasteiger partial charge < -0.3 is 10.5 Å². The van der Waals surface area contributed by atoms with Gasteiger partial charge in [-0.15, -0.1) is 0 Å². The first-order valence-electron chi connectivity index (χ1n) is 8.22. The zero-order valence-corrected chi connectivity index (χ0v) is 13.2. The summed E-state index contributed by atoms with van der Waals surface area (Å²) in [4.78, 5) is 0. The van der Waals surface area contributed by atoms with Crippen molar-refractivity contribution in [3.05, 3.63) is 29.8 Å². The summed E-state index contributed by atoms with van der Waals surface area (Å²) >= 11 is 0. The summed E-state index contributed by atoms with van der Waals surface area (Å²) < 4.78 is 5.79. The van der Waals surface area contributed by atoms with E-state index in [0.29, 0.717) is 0 Å². The van der Waals surface area contributed by atoms with Crippen molar-refractivity contribution in [3.8, 4) is 5.75 Å². The molecule has 0 aromatic heterocycles. The quantitative estimate of drug-likeness (QED) is 0.562. The fourth-order valence-electron chi connectivity index (χ4n) is 2.31. The molecule has 2 nitrogen and oxygen atoms in total. The number of ether oxygens (including phenoxy) is 1. The molecule has 0 aliphatic rings. The van der Waals surface area contributed by atoms with E-state index in [0.717, 1.165) is 24.3 Å². The number of unbranched alkanes of at least 4 members (excludes halogenated alkanes) is 7. The third-order valence-corrected chi connectivity index (χ3v) is 3.65. The molecular formula is C18H31NO. The van der Waals surface area contributed by atoms with Crippen molar-refractivity contribution in [2.45, 2.75) is 71.3 Å². The molecule has 20 heavy (non-hydrogen) atoms. The van der Waals surface area contributed by atoms with Crippen LogP contribution in [0.3, 0.4) is 0 Å². The fraction of sp³-hybridized carbons (Fsp3) is 0.667. The maximum Gasteiger partial charge on any atom is 0.119 e. The van der Waals surface area contributed by atoms with E-state index >= 15 is 0 Å². The minimum absolute atomic E-state index is 0.0710. The largest absolute Gasteiger partial charge is 0.494 e. The van der Waals surface area contributed by atoms with Crippen LogP contribution in [-0.2, 0) is 0 Å². The molecule has 0 bridgehead atoms. The molecular weight excluding hydrogens is 246 g/mol. The van der Waals surface area contributed by atoms with Gasteiger partial charge >= 0.3 is 0 Å². The Bertz CT molecular complexity index is 349. The summed E-state index contributed by atoms with van der Waals surface area (Å²) in [6.07, 6.45) is 10.7. The van der Waals surface area contributed by atoms with Gasteiger partial charge in [-0.3, -0.25) is 0 Å². The molecule has 0 aliphatic heterocycles. The molecule has 1 aromatic rings. The van der Waals surface area contributed by atoms with Crippen molar-refractivity contribution in [2.24, 2.45) is 5.73 Å². The Hall–Kier alpha value is -1.02. The first-order valence-corrected chi connectivity index (χ1v) is 8.22. The van der Waals surface area contributed by atoms with Gasteiger partial charge in [0.1, 0.15) is 5.75 Å². The molecule has 0 amide bonds. The topological polar surface area (TPSA) is 35.2 Å². The number of hydrogen-bond acceptors (Lipinski definition) is 2. The van der Waals surface area contributed by atoms with Crippen LogP contribution >= 0.6 is 0 Å². The second-order valence-corrected chi connectivity index (χ2v) is 5.68. The van der Waals surface area contributed by atoms with Crippen molar-refractivity contribution in [1.29, 1.82) is 0 Å². The van der Waals surface area contributed by atoms with Crippen molar-refractivity contribution < 1.29 is 4.74 Å². The van der Waals surface area contributed by atoms with Gasteiger partial charge in [0.05, 0.1) is 6.61 Å². The van der Waals surface area contributed by atoms with Gasteiger partial charge in [-0.25, -0.2) is 0 Å². The van der Waals surface area contributed by atoms with E-state index in [-0.39, 0.29) is 6.04 Å². The minimum atomic E-state index is 0.0710. The van der Waals surface area contributed by atoms with Crippen LogP contribution in [0.4, 0.5) is 0 Å². The number of rotatable bonds is 11. The molecule has 114 valence electrons. The standard InChI is InChI=1S/C18H31NO/c1-3-4-5-6-7-8-9-10-14-20-18-13-11-12-17(15-18)16(2)19/h11-13,15-16H,3-10,14,19H2,1-2H3/t16-/m1/s1. The molecule has 1 aromatic carbocycles. The molecule has 0 fully saturated rings. The Kier molecular flexibility index (Phi) is 9.14. The molecule has 0 radical (unpaired) electrons. The lowest BCUT2D eigenvalue weighted by molar-refractivity contribution is 0.304.